The Kier molecular flexibility index (Phi) is 8.59. The summed E-state index contributed by atoms with van der Waals surface area (Å²) in [6.45, 7) is 5.87. The largest absolute Gasteiger partial charge is 0.493 e. The maximum atomic E-state index is 12.7. The first-order valence-electron chi connectivity index (χ1n) is 8.66. The third-order valence-electron chi connectivity index (χ3n) is 4.02. The first-order chi connectivity index (χ1) is 12.3. The molecule has 2 unspecified atom stereocenters. The molecule has 1 heterocycles. The van der Waals surface area contributed by atoms with Crippen molar-refractivity contribution in [2.75, 3.05) is 14.2 Å². The second-order valence-corrected chi connectivity index (χ2v) is 6.48. The third kappa shape index (κ3) is 5.87. The van der Waals surface area contributed by atoms with Gasteiger partial charge in [-0.1, -0.05) is 6.07 Å². The highest BCUT2D eigenvalue weighted by Gasteiger charge is 2.22. The number of aromatic nitrogens is 2. The average Bonchev–Trinajstić information content (AvgIpc) is 3.01. The van der Waals surface area contributed by atoms with Gasteiger partial charge in [0.2, 0.25) is 5.91 Å². The molecule has 2 rings (SSSR count). The molecule has 0 aliphatic carbocycles. The lowest BCUT2D eigenvalue weighted by Gasteiger charge is -2.21. The summed E-state index contributed by atoms with van der Waals surface area (Å²) in [7, 11) is 5.18. The van der Waals surface area contributed by atoms with E-state index in [0.717, 1.165) is 11.1 Å². The molecule has 0 radical (unpaired) electrons. The standard InChI is InChI=1S/C19H28N4O3.ClH/c1-12(2)26-16-8-7-14(9-17(16)25-6)13(3)22-19(24)18(20-4)15-10-21-23(5)11-15;/h7-13,18,20H,1-6H3,(H,22,24);1H. The number of methoxy groups -OCH3 is 1. The average molecular weight is 397 g/mol. The molecule has 27 heavy (non-hydrogen) atoms. The van der Waals surface area contributed by atoms with Crippen LogP contribution in [0, 0.1) is 0 Å². The van der Waals surface area contributed by atoms with E-state index in [2.05, 4.69) is 15.7 Å². The van der Waals surface area contributed by atoms with Crippen LogP contribution in [0.3, 0.4) is 0 Å². The molecule has 150 valence electrons. The number of ether oxygens (including phenoxy) is 2. The summed E-state index contributed by atoms with van der Waals surface area (Å²) in [5, 5.41) is 10.2. The first-order valence-corrected chi connectivity index (χ1v) is 8.66. The molecule has 1 aromatic carbocycles. The zero-order chi connectivity index (χ0) is 19.3. The Labute approximate surface area is 166 Å². The summed E-state index contributed by atoms with van der Waals surface area (Å²) in [6, 6.07) is 5.05. The molecule has 0 aliphatic rings. The van der Waals surface area contributed by atoms with Gasteiger partial charge in [0.1, 0.15) is 6.04 Å². The van der Waals surface area contributed by atoms with Crippen LogP contribution in [-0.4, -0.2) is 35.9 Å². The zero-order valence-corrected chi connectivity index (χ0v) is 17.5. The van der Waals surface area contributed by atoms with Crippen molar-refractivity contribution in [1.29, 1.82) is 0 Å². The number of amides is 1. The quantitative estimate of drug-likeness (QED) is 0.717. The lowest BCUT2D eigenvalue weighted by atomic mass is 10.1. The van der Waals surface area contributed by atoms with Gasteiger partial charge in [-0.25, -0.2) is 0 Å². The fraction of sp³-hybridized carbons (Fsp3) is 0.474. The number of halogens is 1. The molecular formula is C19H29ClN4O3. The molecule has 2 atom stereocenters. The summed E-state index contributed by atoms with van der Waals surface area (Å²) in [5.41, 5.74) is 1.75. The van der Waals surface area contributed by atoms with Gasteiger partial charge in [0.25, 0.3) is 0 Å². The topological polar surface area (TPSA) is 77.4 Å². The van der Waals surface area contributed by atoms with E-state index in [1.807, 2.05) is 52.2 Å². The molecule has 7 nitrogen and oxygen atoms in total. The summed E-state index contributed by atoms with van der Waals surface area (Å²) in [6.07, 6.45) is 3.57. The van der Waals surface area contributed by atoms with E-state index in [9.17, 15) is 4.79 Å². The minimum atomic E-state index is -0.461. The van der Waals surface area contributed by atoms with Crippen LogP contribution in [0.25, 0.3) is 0 Å². The van der Waals surface area contributed by atoms with Crippen LogP contribution >= 0.6 is 12.4 Å². The van der Waals surface area contributed by atoms with Crippen molar-refractivity contribution in [1.82, 2.24) is 20.4 Å². The summed E-state index contributed by atoms with van der Waals surface area (Å²) < 4.78 is 12.8. The van der Waals surface area contributed by atoms with Crippen LogP contribution in [0.2, 0.25) is 0 Å². The number of rotatable bonds is 8. The lowest BCUT2D eigenvalue weighted by Crippen LogP contribution is -2.37. The second-order valence-electron chi connectivity index (χ2n) is 6.48. The number of nitrogens with one attached hydrogen (secondary N) is 2. The van der Waals surface area contributed by atoms with Crippen molar-refractivity contribution in [2.45, 2.75) is 39.0 Å². The van der Waals surface area contributed by atoms with Crippen LogP contribution in [0.1, 0.15) is 44.0 Å². The molecule has 0 aliphatic heterocycles. The molecule has 0 fully saturated rings. The summed E-state index contributed by atoms with van der Waals surface area (Å²) >= 11 is 0. The Bertz CT molecular complexity index is 748. The highest BCUT2D eigenvalue weighted by Crippen LogP contribution is 2.31. The van der Waals surface area contributed by atoms with E-state index in [0.29, 0.717) is 11.5 Å². The van der Waals surface area contributed by atoms with E-state index >= 15 is 0 Å². The number of nitrogens with zero attached hydrogens (tertiary/aromatic N) is 2. The van der Waals surface area contributed by atoms with Crippen molar-refractivity contribution in [3.8, 4) is 11.5 Å². The predicted molar refractivity (Wildman–Crippen MR) is 108 cm³/mol. The fourth-order valence-electron chi connectivity index (χ4n) is 2.72. The Hall–Kier alpha value is -2.25. The highest BCUT2D eigenvalue weighted by atomic mass is 35.5. The van der Waals surface area contributed by atoms with E-state index in [-0.39, 0.29) is 30.5 Å². The van der Waals surface area contributed by atoms with Gasteiger partial charge in [-0.2, -0.15) is 5.10 Å². The highest BCUT2D eigenvalue weighted by molar-refractivity contribution is 5.85. The second kappa shape index (κ2) is 10.2. The van der Waals surface area contributed by atoms with Gasteiger partial charge in [-0.3, -0.25) is 9.48 Å². The van der Waals surface area contributed by atoms with Gasteiger partial charge in [-0.15, -0.1) is 12.4 Å². The zero-order valence-electron chi connectivity index (χ0n) is 16.6. The van der Waals surface area contributed by atoms with Gasteiger partial charge in [-0.05, 0) is 45.5 Å². The van der Waals surface area contributed by atoms with Crippen LogP contribution in [0.4, 0.5) is 0 Å². The Morgan fingerprint density at radius 3 is 2.41 bits per heavy atom. The van der Waals surface area contributed by atoms with Crippen molar-refractivity contribution in [3.05, 3.63) is 41.7 Å². The number of hydrogen-bond donors (Lipinski definition) is 2. The lowest BCUT2D eigenvalue weighted by molar-refractivity contribution is -0.123. The maximum absolute atomic E-state index is 12.7. The number of carbonyl (C=O) groups is 1. The van der Waals surface area contributed by atoms with Crippen LogP contribution < -0.4 is 20.1 Å². The van der Waals surface area contributed by atoms with Gasteiger partial charge >= 0.3 is 0 Å². The van der Waals surface area contributed by atoms with Gasteiger partial charge < -0.3 is 20.1 Å². The number of aryl methyl sites for hydroxylation is 1. The third-order valence-corrected chi connectivity index (χ3v) is 4.02. The molecule has 0 bridgehead atoms. The normalized spacial score (nSPS) is 12.9. The van der Waals surface area contributed by atoms with E-state index in [1.165, 1.54) is 0 Å². The first kappa shape index (κ1) is 22.8. The number of likely N-dealkylation sites (N-methyl/N-ethyl adjacent to an activating group) is 1. The Balaban J connectivity index is 0.00000364. The molecule has 8 heteroatoms. The Morgan fingerprint density at radius 1 is 1.19 bits per heavy atom. The summed E-state index contributed by atoms with van der Waals surface area (Å²) in [5.74, 6) is 1.22. The maximum Gasteiger partial charge on any atom is 0.242 e. The predicted octanol–water partition coefficient (Wildman–Crippen LogP) is 2.78. The fourth-order valence-corrected chi connectivity index (χ4v) is 2.72. The minimum Gasteiger partial charge on any atom is -0.493 e. The van der Waals surface area contributed by atoms with Crippen molar-refractivity contribution >= 4 is 18.3 Å². The van der Waals surface area contributed by atoms with Crippen molar-refractivity contribution in [2.24, 2.45) is 7.05 Å². The van der Waals surface area contributed by atoms with Gasteiger partial charge in [0.15, 0.2) is 11.5 Å². The van der Waals surface area contributed by atoms with Crippen LogP contribution in [0.15, 0.2) is 30.6 Å². The molecule has 0 saturated heterocycles. The molecule has 1 aromatic heterocycles. The van der Waals surface area contributed by atoms with Crippen molar-refractivity contribution in [3.63, 3.8) is 0 Å². The molecule has 2 N–H and O–H groups in total. The number of benzene rings is 1. The number of hydrogen-bond acceptors (Lipinski definition) is 5. The SMILES string of the molecule is CNC(C(=O)NC(C)c1ccc(OC(C)C)c(OC)c1)c1cnn(C)c1.Cl. The van der Waals surface area contributed by atoms with Crippen LogP contribution in [-0.2, 0) is 11.8 Å². The van der Waals surface area contributed by atoms with Gasteiger partial charge in [0.05, 0.1) is 25.5 Å². The smallest absolute Gasteiger partial charge is 0.242 e. The Morgan fingerprint density at radius 2 is 1.89 bits per heavy atom. The molecule has 0 spiro atoms. The minimum absolute atomic E-state index is 0. The van der Waals surface area contributed by atoms with E-state index in [1.54, 1.807) is 25.0 Å². The molecule has 2 aromatic rings. The van der Waals surface area contributed by atoms with Gasteiger partial charge in [0, 0.05) is 18.8 Å². The van der Waals surface area contributed by atoms with E-state index in [4.69, 9.17) is 9.47 Å². The van der Waals surface area contributed by atoms with Crippen molar-refractivity contribution < 1.29 is 14.3 Å². The number of carbonyl (C=O) groups excluding carboxylic acids is 1. The summed E-state index contributed by atoms with van der Waals surface area (Å²) in [4.78, 5) is 12.7. The monoisotopic (exact) mass is 396 g/mol. The molecule has 1 amide bonds. The molecule has 0 saturated carbocycles. The molecular weight excluding hydrogens is 368 g/mol. The van der Waals surface area contributed by atoms with Crippen LogP contribution in [0.5, 0.6) is 11.5 Å². The van der Waals surface area contributed by atoms with E-state index < -0.39 is 6.04 Å².